The van der Waals surface area contributed by atoms with E-state index < -0.39 is 11.8 Å². The minimum absolute atomic E-state index is 0.147. The molecule has 0 fully saturated rings. The molecule has 0 saturated carbocycles. The summed E-state index contributed by atoms with van der Waals surface area (Å²) in [4.78, 5) is 15.3. The molecule has 0 atom stereocenters. The Morgan fingerprint density at radius 2 is 2.24 bits per heavy atom. The molecule has 0 aliphatic rings. The van der Waals surface area contributed by atoms with Gasteiger partial charge < -0.3 is 4.74 Å². The molecule has 1 aromatic carbocycles. The molecule has 0 unspecified atom stereocenters. The summed E-state index contributed by atoms with van der Waals surface area (Å²) in [6.07, 6.45) is 1.26. The first kappa shape index (κ1) is 12.3. The summed E-state index contributed by atoms with van der Waals surface area (Å²) in [6.45, 7) is 0. The average molecular weight is 319 g/mol. The highest BCUT2D eigenvalue weighted by Crippen LogP contribution is 2.30. The van der Waals surface area contributed by atoms with Crippen molar-refractivity contribution in [3.8, 4) is 0 Å². The van der Waals surface area contributed by atoms with Gasteiger partial charge in [0.1, 0.15) is 5.52 Å². The van der Waals surface area contributed by atoms with Gasteiger partial charge in [0.2, 0.25) is 0 Å². The molecular formula is C11H6BrClFNO2. The summed E-state index contributed by atoms with van der Waals surface area (Å²) < 4.78 is 18.6. The van der Waals surface area contributed by atoms with Crippen LogP contribution >= 0.6 is 27.5 Å². The summed E-state index contributed by atoms with van der Waals surface area (Å²) in [7, 11) is 1.26. The molecule has 3 nitrogen and oxygen atoms in total. The highest BCUT2D eigenvalue weighted by atomic mass is 79.9. The van der Waals surface area contributed by atoms with Gasteiger partial charge >= 0.3 is 5.97 Å². The highest BCUT2D eigenvalue weighted by molar-refractivity contribution is 9.10. The Bertz CT molecular complexity index is 618. The van der Waals surface area contributed by atoms with Crippen molar-refractivity contribution in [2.75, 3.05) is 7.11 Å². The fraction of sp³-hybridized carbons (Fsp3) is 0.0909. The number of carbonyl (C=O) groups excluding carboxylic acids is 1. The third-order valence-corrected chi connectivity index (χ3v) is 3.30. The number of ether oxygens (including phenoxy) is 1. The van der Waals surface area contributed by atoms with Gasteiger partial charge in [0.15, 0.2) is 5.82 Å². The van der Waals surface area contributed by atoms with E-state index in [1.165, 1.54) is 25.4 Å². The molecule has 0 aliphatic heterocycles. The van der Waals surface area contributed by atoms with Crippen LogP contribution in [0.3, 0.4) is 0 Å². The molecule has 0 radical (unpaired) electrons. The standard InChI is InChI=1S/C11H6BrClFNO2/c1-17-11(16)7-4-15-10-6(9(7)12)2-5(13)3-8(10)14/h2-4H,1H3. The number of nitrogens with zero attached hydrogens (tertiary/aromatic N) is 1. The monoisotopic (exact) mass is 317 g/mol. The van der Waals surface area contributed by atoms with E-state index in [2.05, 4.69) is 25.7 Å². The van der Waals surface area contributed by atoms with Gasteiger partial charge in [-0.1, -0.05) is 11.6 Å². The molecule has 0 amide bonds. The van der Waals surface area contributed by atoms with Crippen molar-refractivity contribution >= 4 is 44.4 Å². The second kappa shape index (κ2) is 4.58. The second-order valence-corrected chi connectivity index (χ2v) is 4.49. The van der Waals surface area contributed by atoms with Gasteiger partial charge in [-0.15, -0.1) is 0 Å². The van der Waals surface area contributed by atoms with E-state index in [4.69, 9.17) is 11.6 Å². The summed E-state index contributed by atoms with van der Waals surface area (Å²) in [5, 5.41) is 0.664. The molecule has 1 heterocycles. The maximum Gasteiger partial charge on any atom is 0.340 e. The minimum Gasteiger partial charge on any atom is -0.465 e. The molecule has 1 aromatic heterocycles. The number of benzene rings is 1. The van der Waals surface area contributed by atoms with Crippen LogP contribution in [0.2, 0.25) is 5.02 Å². The van der Waals surface area contributed by atoms with E-state index in [1.54, 1.807) is 0 Å². The Morgan fingerprint density at radius 1 is 1.53 bits per heavy atom. The zero-order chi connectivity index (χ0) is 12.6. The molecule has 0 spiro atoms. The first-order chi connectivity index (χ1) is 8.04. The van der Waals surface area contributed by atoms with Gasteiger partial charge in [-0.2, -0.15) is 0 Å². The Morgan fingerprint density at radius 3 is 2.88 bits per heavy atom. The topological polar surface area (TPSA) is 39.2 Å². The van der Waals surface area contributed by atoms with Crippen LogP contribution in [0.5, 0.6) is 0 Å². The summed E-state index contributed by atoms with van der Waals surface area (Å²) in [5.41, 5.74) is 0.371. The highest BCUT2D eigenvalue weighted by Gasteiger charge is 2.16. The second-order valence-electron chi connectivity index (χ2n) is 3.26. The molecule has 0 saturated heterocycles. The van der Waals surface area contributed by atoms with Crippen molar-refractivity contribution < 1.29 is 13.9 Å². The normalized spacial score (nSPS) is 10.6. The number of pyridine rings is 1. The van der Waals surface area contributed by atoms with Crippen molar-refractivity contribution in [3.05, 3.63) is 39.2 Å². The lowest BCUT2D eigenvalue weighted by Gasteiger charge is -2.06. The predicted octanol–water partition coefficient (Wildman–Crippen LogP) is 3.58. The summed E-state index contributed by atoms with van der Waals surface area (Å²) in [6, 6.07) is 2.70. The lowest BCUT2D eigenvalue weighted by molar-refractivity contribution is 0.0599. The van der Waals surface area contributed by atoms with Gasteiger partial charge in [0, 0.05) is 21.1 Å². The number of fused-ring (bicyclic) bond motifs is 1. The number of halogens is 3. The lowest BCUT2D eigenvalue weighted by atomic mass is 10.1. The molecule has 88 valence electrons. The van der Waals surface area contributed by atoms with E-state index in [0.29, 0.717) is 9.86 Å². The van der Waals surface area contributed by atoms with Crippen molar-refractivity contribution in [1.82, 2.24) is 4.98 Å². The predicted molar refractivity (Wildman–Crippen MR) is 65.8 cm³/mol. The van der Waals surface area contributed by atoms with E-state index in [1.807, 2.05) is 0 Å². The number of hydrogen-bond acceptors (Lipinski definition) is 3. The van der Waals surface area contributed by atoms with Gasteiger partial charge in [0.25, 0.3) is 0 Å². The quantitative estimate of drug-likeness (QED) is 0.755. The SMILES string of the molecule is COC(=O)c1cnc2c(F)cc(Cl)cc2c1Br. The van der Waals surface area contributed by atoms with Crippen molar-refractivity contribution in [2.24, 2.45) is 0 Å². The lowest BCUT2D eigenvalue weighted by Crippen LogP contribution is -2.04. The molecule has 2 rings (SSSR count). The van der Waals surface area contributed by atoms with E-state index in [-0.39, 0.29) is 16.1 Å². The van der Waals surface area contributed by atoms with Crippen LogP contribution in [0.1, 0.15) is 10.4 Å². The molecule has 0 N–H and O–H groups in total. The summed E-state index contributed by atoms with van der Waals surface area (Å²) in [5.74, 6) is -1.09. The van der Waals surface area contributed by atoms with Crippen LogP contribution in [-0.2, 0) is 4.74 Å². The Balaban J connectivity index is 2.79. The first-order valence-electron chi connectivity index (χ1n) is 4.56. The average Bonchev–Trinajstić information content (AvgIpc) is 2.29. The molecular weight excluding hydrogens is 312 g/mol. The maximum absolute atomic E-state index is 13.6. The Kier molecular flexibility index (Phi) is 3.31. The maximum atomic E-state index is 13.6. The van der Waals surface area contributed by atoms with Crippen LogP contribution in [0.4, 0.5) is 4.39 Å². The first-order valence-corrected chi connectivity index (χ1v) is 5.73. The third-order valence-electron chi connectivity index (χ3n) is 2.23. The van der Waals surface area contributed by atoms with E-state index in [9.17, 15) is 9.18 Å². The Hall–Kier alpha value is -1.20. The van der Waals surface area contributed by atoms with Crippen LogP contribution in [0, 0.1) is 5.82 Å². The van der Waals surface area contributed by atoms with Crippen LogP contribution in [0.25, 0.3) is 10.9 Å². The Labute approximate surface area is 110 Å². The van der Waals surface area contributed by atoms with Gasteiger partial charge in [0.05, 0.1) is 12.7 Å². The van der Waals surface area contributed by atoms with Gasteiger partial charge in [-0.25, -0.2) is 9.18 Å². The smallest absolute Gasteiger partial charge is 0.340 e. The van der Waals surface area contributed by atoms with Crippen LogP contribution in [0.15, 0.2) is 22.8 Å². The van der Waals surface area contributed by atoms with Crippen LogP contribution in [-0.4, -0.2) is 18.1 Å². The number of rotatable bonds is 1. The van der Waals surface area contributed by atoms with Crippen molar-refractivity contribution in [2.45, 2.75) is 0 Å². The number of aromatic nitrogens is 1. The molecule has 0 aliphatic carbocycles. The number of esters is 1. The largest absolute Gasteiger partial charge is 0.465 e. The molecule has 6 heteroatoms. The third kappa shape index (κ3) is 2.12. The van der Waals surface area contributed by atoms with E-state index >= 15 is 0 Å². The number of carbonyl (C=O) groups is 1. The fourth-order valence-corrected chi connectivity index (χ4v) is 2.22. The van der Waals surface area contributed by atoms with Gasteiger partial charge in [-0.3, -0.25) is 4.98 Å². The fourth-order valence-electron chi connectivity index (χ4n) is 1.45. The number of methoxy groups -OCH3 is 1. The van der Waals surface area contributed by atoms with Crippen molar-refractivity contribution in [3.63, 3.8) is 0 Å². The van der Waals surface area contributed by atoms with Gasteiger partial charge in [-0.05, 0) is 28.1 Å². The molecule has 2 aromatic rings. The molecule has 0 bridgehead atoms. The minimum atomic E-state index is -0.549. The molecule has 17 heavy (non-hydrogen) atoms. The number of hydrogen-bond donors (Lipinski definition) is 0. The van der Waals surface area contributed by atoms with Crippen molar-refractivity contribution in [1.29, 1.82) is 0 Å². The van der Waals surface area contributed by atoms with E-state index in [0.717, 1.165) is 0 Å². The zero-order valence-electron chi connectivity index (χ0n) is 8.63. The van der Waals surface area contributed by atoms with Crippen LogP contribution < -0.4 is 0 Å². The summed E-state index contributed by atoms with van der Waals surface area (Å²) >= 11 is 8.98. The zero-order valence-corrected chi connectivity index (χ0v) is 11.0.